The number of ether oxygens (including phenoxy) is 3. The van der Waals surface area contributed by atoms with E-state index in [0.717, 1.165) is 4.90 Å². The van der Waals surface area contributed by atoms with E-state index in [4.69, 9.17) is 14.2 Å². The van der Waals surface area contributed by atoms with Crippen LogP contribution in [0.5, 0.6) is 11.5 Å². The Balaban J connectivity index is 1.70. The molecular formula is C26H22N2O6. The topological polar surface area (TPSA) is 87.1 Å². The Kier molecular flexibility index (Phi) is 4.82. The number of nitrogens with zero attached hydrogens (tertiary/aromatic N) is 2. The number of hydrogen-bond donors (Lipinski definition) is 0. The third kappa shape index (κ3) is 3.44. The molecular weight excluding hydrogens is 436 g/mol. The minimum atomic E-state index is -0.710. The molecule has 0 fully saturated rings. The number of para-hydroxylation sites is 3. The second kappa shape index (κ2) is 7.62. The molecule has 2 aromatic carbocycles. The average Bonchev–Trinajstić information content (AvgIpc) is 3.28. The number of benzene rings is 2. The van der Waals surface area contributed by atoms with Gasteiger partial charge >= 0.3 is 6.09 Å². The second-order valence-corrected chi connectivity index (χ2v) is 8.98. The second-order valence-electron chi connectivity index (χ2n) is 8.98. The van der Waals surface area contributed by atoms with Gasteiger partial charge in [0.25, 0.3) is 11.8 Å². The van der Waals surface area contributed by atoms with Crippen LogP contribution in [0.3, 0.4) is 0 Å². The van der Waals surface area contributed by atoms with Gasteiger partial charge in [0.15, 0.2) is 17.3 Å². The first-order valence-corrected chi connectivity index (χ1v) is 10.7. The number of aromatic nitrogens is 1. The summed E-state index contributed by atoms with van der Waals surface area (Å²) in [4.78, 5) is 40.4. The lowest BCUT2D eigenvalue weighted by molar-refractivity contribution is -0.135. The summed E-state index contributed by atoms with van der Waals surface area (Å²) < 4.78 is 18.5. The van der Waals surface area contributed by atoms with Crippen LogP contribution in [0, 0.1) is 0 Å². The molecule has 5 rings (SSSR count). The Morgan fingerprint density at radius 1 is 0.912 bits per heavy atom. The van der Waals surface area contributed by atoms with Gasteiger partial charge in [0.05, 0.1) is 16.7 Å². The molecule has 3 aromatic rings. The summed E-state index contributed by atoms with van der Waals surface area (Å²) in [6, 6.07) is 14.2. The Bertz CT molecular complexity index is 1440. The molecule has 0 aliphatic carbocycles. The molecule has 0 saturated heterocycles. The van der Waals surface area contributed by atoms with E-state index in [1.165, 1.54) is 24.1 Å². The van der Waals surface area contributed by atoms with Crippen LogP contribution in [0.25, 0.3) is 16.5 Å². The zero-order chi connectivity index (χ0) is 24.2. The van der Waals surface area contributed by atoms with E-state index in [9.17, 15) is 14.4 Å². The largest absolute Gasteiger partial charge is 0.457 e. The zero-order valence-corrected chi connectivity index (χ0v) is 19.1. The number of rotatable bonds is 2. The Morgan fingerprint density at radius 3 is 2.29 bits per heavy atom. The van der Waals surface area contributed by atoms with Crippen molar-refractivity contribution in [1.82, 2.24) is 9.47 Å². The van der Waals surface area contributed by atoms with E-state index in [1.54, 1.807) is 69.3 Å². The van der Waals surface area contributed by atoms with Crippen LogP contribution in [0.15, 0.2) is 72.3 Å². The summed E-state index contributed by atoms with van der Waals surface area (Å²) in [7, 11) is 1.41. The van der Waals surface area contributed by atoms with Gasteiger partial charge < -0.3 is 14.2 Å². The molecule has 34 heavy (non-hydrogen) atoms. The maximum Gasteiger partial charge on any atom is 0.419 e. The van der Waals surface area contributed by atoms with E-state index in [0.29, 0.717) is 28.0 Å². The van der Waals surface area contributed by atoms with Crippen molar-refractivity contribution >= 4 is 34.4 Å². The Hall–Kier alpha value is -4.33. The van der Waals surface area contributed by atoms with Gasteiger partial charge in [0, 0.05) is 24.2 Å². The lowest BCUT2D eigenvalue weighted by Gasteiger charge is -2.19. The van der Waals surface area contributed by atoms with Crippen molar-refractivity contribution in [2.75, 3.05) is 7.05 Å². The quantitative estimate of drug-likeness (QED) is 0.526. The molecule has 2 aliphatic rings. The Labute approximate surface area is 195 Å². The fourth-order valence-electron chi connectivity index (χ4n) is 3.96. The molecule has 2 aliphatic heterocycles. The molecule has 0 N–H and O–H groups in total. The summed E-state index contributed by atoms with van der Waals surface area (Å²) in [5.74, 6) is 0.0159. The van der Waals surface area contributed by atoms with Crippen LogP contribution in [0.4, 0.5) is 4.79 Å². The minimum Gasteiger partial charge on any atom is -0.457 e. The fourth-order valence-corrected chi connectivity index (χ4v) is 3.96. The van der Waals surface area contributed by atoms with E-state index >= 15 is 0 Å². The summed E-state index contributed by atoms with van der Waals surface area (Å²) in [6.07, 6.45) is 2.25. The number of amides is 2. The van der Waals surface area contributed by atoms with Crippen LogP contribution in [0.1, 0.15) is 26.3 Å². The maximum absolute atomic E-state index is 13.3. The standard InChI is InChI=1S/C26H22N2O6/c1-26(2,3)34-25(31)28-13-16(15-9-5-6-10-17(15)28)21-22(24(30)27(4)23(21)29)20-14-32-18-11-7-8-12-19(18)33-20/h5-14H,1-4H3. The summed E-state index contributed by atoms with van der Waals surface area (Å²) in [5, 5.41) is 0.620. The molecule has 1 aromatic heterocycles. The van der Waals surface area contributed by atoms with Crippen molar-refractivity contribution in [2.45, 2.75) is 26.4 Å². The highest BCUT2D eigenvalue weighted by atomic mass is 16.6. The smallest absolute Gasteiger partial charge is 0.419 e. The summed E-state index contributed by atoms with van der Waals surface area (Å²) in [6.45, 7) is 5.32. The Morgan fingerprint density at radius 2 is 1.56 bits per heavy atom. The molecule has 0 radical (unpaired) electrons. The number of likely N-dealkylation sites (N-methyl/N-ethyl adjacent to an activating group) is 1. The highest BCUT2D eigenvalue weighted by Crippen LogP contribution is 2.41. The van der Waals surface area contributed by atoms with Gasteiger partial charge in [-0.3, -0.25) is 19.1 Å². The highest BCUT2D eigenvalue weighted by molar-refractivity contribution is 6.38. The molecule has 0 unspecified atom stereocenters. The summed E-state index contributed by atoms with van der Waals surface area (Å²) >= 11 is 0. The first kappa shape index (κ1) is 21.5. The molecule has 0 spiro atoms. The van der Waals surface area contributed by atoms with E-state index in [2.05, 4.69) is 0 Å². The lowest BCUT2D eigenvalue weighted by Crippen LogP contribution is -2.27. The third-order valence-electron chi connectivity index (χ3n) is 5.47. The van der Waals surface area contributed by atoms with Gasteiger partial charge in [-0.05, 0) is 39.0 Å². The van der Waals surface area contributed by atoms with Crippen LogP contribution >= 0.6 is 0 Å². The zero-order valence-electron chi connectivity index (χ0n) is 19.1. The highest BCUT2D eigenvalue weighted by Gasteiger charge is 2.41. The molecule has 0 atom stereocenters. The number of carbonyl (C=O) groups excluding carboxylic acids is 3. The van der Waals surface area contributed by atoms with Gasteiger partial charge in [-0.1, -0.05) is 30.3 Å². The van der Waals surface area contributed by atoms with Gasteiger partial charge in [0.2, 0.25) is 0 Å². The predicted octanol–water partition coefficient (Wildman–Crippen LogP) is 4.49. The van der Waals surface area contributed by atoms with Crippen molar-refractivity contribution in [3.63, 3.8) is 0 Å². The molecule has 2 amide bonds. The van der Waals surface area contributed by atoms with Crippen molar-refractivity contribution < 1.29 is 28.6 Å². The SMILES string of the molecule is CN1C(=O)C(C2=COc3ccccc3O2)=C(c2cn(C(=O)OC(C)(C)C)c3ccccc23)C1=O. The molecule has 8 heteroatoms. The minimum absolute atomic E-state index is 0.0640. The first-order chi connectivity index (χ1) is 16.2. The number of hydrogen-bond acceptors (Lipinski definition) is 6. The third-order valence-corrected chi connectivity index (χ3v) is 5.47. The van der Waals surface area contributed by atoms with E-state index in [-0.39, 0.29) is 16.9 Å². The van der Waals surface area contributed by atoms with Crippen LogP contribution in [0.2, 0.25) is 0 Å². The molecule has 0 bridgehead atoms. The van der Waals surface area contributed by atoms with Crippen LogP contribution in [-0.4, -0.2) is 40.0 Å². The van der Waals surface area contributed by atoms with E-state index in [1.807, 2.05) is 0 Å². The van der Waals surface area contributed by atoms with Gasteiger partial charge in [-0.15, -0.1) is 0 Å². The van der Waals surface area contributed by atoms with Crippen LogP contribution in [-0.2, 0) is 14.3 Å². The molecule has 3 heterocycles. The predicted molar refractivity (Wildman–Crippen MR) is 124 cm³/mol. The summed E-state index contributed by atoms with van der Waals surface area (Å²) in [5.41, 5.74) is 0.447. The van der Waals surface area contributed by atoms with Crippen molar-refractivity contribution in [3.05, 3.63) is 77.9 Å². The van der Waals surface area contributed by atoms with E-state index < -0.39 is 23.5 Å². The molecule has 8 nitrogen and oxygen atoms in total. The normalized spacial score (nSPS) is 15.8. The van der Waals surface area contributed by atoms with Gasteiger partial charge in [-0.2, -0.15) is 0 Å². The van der Waals surface area contributed by atoms with Crippen molar-refractivity contribution in [1.29, 1.82) is 0 Å². The maximum atomic E-state index is 13.3. The number of fused-ring (bicyclic) bond motifs is 2. The first-order valence-electron chi connectivity index (χ1n) is 10.7. The molecule has 0 saturated carbocycles. The van der Waals surface area contributed by atoms with Gasteiger partial charge in [-0.25, -0.2) is 4.79 Å². The van der Waals surface area contributed by atoms with Gasteiger partial charge in [0.1, 0.15) is 11.9 Å². The average molecular weight is 458 g/mol. The fraction of sp³-hybridized carbons (Fsp3) is 0.192. The van der Waals surface area contributed by atoms with Crippen molar-refractivity contribution in [2.24, 2.45) is 0 Å². The lowest BCUT2D eigenvalue weighted by atomic mass is 10.00. The number of imide groups is 1. The molecule has 172 valence electrons. The van der Waals surface area contributed by atoms with Crippen LogP contribution < -0.4 is 9.47 Å². The number of carbonyl (C=O) groups is 3. The van der Waals surface area contributed by atoms with Crippen molar-refractivity contribution in [3.8, 4) is 11.5 Å². The monoisotopic (exact) mass is 458 g/mol.